The zero-order valence-electron chi connectivity index (χ0n) is 20.0. The van der Waals surface area contributed by atoms with Crippen molar-refractivity contribution in [3.63, 3.8) is 0 Å². The number of rotatable bonds is 4. The van der Waals surface area contributed by atoms with Crippen molar-refractivity contribution in [1.29, 1.82) is 5.26 Å². The van der Waals surface area contributed by atoms with Gasteiger partial charge in [0.15, 0.2) is 0 Å². The minimum absolute atomic E-state index is 0.00833. The van der Waals surface area contributed by atoms with Gasteiger partial charge in [-0.15, -0.1) is 0 Å². The normalized spacial score (nSPS) is 23.5. The lowest BCUT2D eigenvalue weighted by atomic mass is 9.78. The molecule has 1 N–H and O–H groups in total. The van der Waals surface area contributed by atoms with Gasteiger partial charge in [-0.05, 0) is 62.6 Å². The molecule has 2 atom stereocenters. The third-order valence-corrected chi connectivity index (χ3v) is 7.64. The molecule has 3 heterocycles. The van der Waals surface area contributed by atoms with Crippen LogP contribution in [-0.4, -0.2) is 67.6 Å². The molecule has 0 spiro atoms. The molecule has 190 valence electrons. The molecule has 3 aliphatic rings. The zero-order chi connectivity index (χ0) is 25.2. The van der Waals surface area contributed by atoms with Crippen molar-refractivity contribution >= 4 is 17.6 Å². The number of piperidine rings is 1. The van der Waals surface area contributed by atoms with Gasteiger partial charge in [0.25, 0.3) is 0 Å². The predicted molar refractivity (Wildman–Crippen MR) is 125 cm³/mol. The first-order chi connectivity index (χ1) is 16.7. The van der Waals surface area contributed by atoms with Gasteiger partial charge in [-0.1, -0.05) is 0 Å². The molecule has 3 aliphatic heterocycles. The van der Waals surface area contributed by atoms with Crippen molar-refractivity contribution in [2.75, 3.05) is 50.7 Å². The third-order valence-electron chi connectivity index (χ3n) is 7.64. The number of carbonyl (C=O) groups is 2. The van der Waals surface area contributed by atoms with E-state index in [-0.39, 0.29) is 35.3 Å². The van der Waals surface area contributed by atoms with E-state index in [0.717, 1.165) is 44.8 Å². The van der Waals surface area contributed by atoms with Crippen LogP contribution in [0.1, 0.15) is 43.7 Å². The molecule has 10 heteroatoms. The number of amides is 3. The average Bonchev–Trinajstić information content (AvgIpc) is 3.54. The minimum Gasteiger partial charge on any atom is -0.372 e. The first-order valence-electron chi connectivity index (χ1n) is 12.4. The highest BCUT2D eigenvalue weighted by molar-refractivity contribution is 5.82. The highest BCUT2D eigenvalue weighted by Gasteiger charge is 2.45. The Morgan fingerprint density at radius 1 is 1.09 bits per heavy atom. The van der Waals surface area contributed by atoms with Crippen LogP contribution in [0.2, 0.25) is 0 Å². The van der Waals surface area contributed by atoms with Gasteiger partial charge in [0, 0.05) is 51.5 Å². The molecule has 3 saturated heterocycles. The van der Waals surface area contributed by atoms with Crippen molar-refractivity contribution < 1.29 is 22.8 Å². The van der Waals surface area contributed by atoms with Gasteiger partial charge in [0.05, 0.1) is 23.1 Å². The summed E-state index contributed by atoms with van der Waals surface area (Å²) in [5.41, 5.74) is -0.843. The van der Waals surface area contributed by atoms with Gasteiger partial charge < -0.3 is 20.0 Å². The minimum atomic E-state index is -4.59. The summed E-state index contributed by atoms with van der Waals surface area (Å²) in [5, 5.41) is 12.0. The number of benzene rings is 1. The summed E-state index contributed by atoms with van der Waals surface area (Å²) in [6.07, 6.45) is -1.12. The second-order valence-electron chi connectivity index (χ2n) is 9.71. The lowest BCUT2D eigenvalue weighted by Gasteiger charge is -2.37. The van der Waals surface area contributed by atoms with E-state index >= 15 is 0 Å². The van der Waals surface area contributed by atoms with Crippen LogP contribution in [0.5, 0.6) is 0 Å². The predicted octanol–water partition coefficient (Wildman–Crippen LogP) is 3.69. The van der Waals surface area contributed by atoms with E-state index in [1.807, 2.05) is 21.6 Å². The largest absolute Gasteiger partial charge is 0.417 e. The molecule has 1 aromatic rings. The monoisotopic (exact) mass is 491 g/mol. The lowest BCUT2D eigenvalue weighted by molar-refractivity contribution is -0.137. The Balaban J connectivity index is 1.45. The van der Waals surface area contributed by atoms with E-state index < -0.39 is 11.7 Å². The van der Waals surface area contributed by atoms with Crippen LogP contribution in [0.25, 0.3) is 0 Å². The fourth-order valence-electron chi connectivity index (χ4n) is 5.80. The van der Waals surface area contributed by atoms with Gasteiger partial charge in [-0.25, -0.2) is 4.79 Å². The summed E-state index contributed by atoms with van der Waals surface area (Å²) >= 11 is 0. The van der Waals surface area contributed by atoms with Crippen LogP contribution in [0.4, 0.5) is 23.7 Å². The summed E-state index contributed by atoms with van der Waals surface area (Å²) in [7, 11) is 0. The van der Waals surface area contributed by atoms with Gasteiger partial charge in [-0.2, -0.15) is 18.4 Å². The van der Waals surface area contributed by atoms with Crippen LogP contribution >= 0.6 is 0 Å². The lowest BCUT2D eigenvalue weighted by Crippen LogP contribution is -2.41. The number of likely N-dealkylation sites (tertiary alicyclic amines) is 2. The maximum absolute atomic E-state index is 13.4. The first kappa shape index (κ1) is 25.1. The standard InChI is InChI=1S/C25H32F3N5O2/c1-2-30-23(34)21-16-33(24(35)32-9-3-4-10-32)15-20(21)17-7-11-31(12-8-17)19-6-5-18(14-29)22(13-19)25(26,27)28/h5-6,13,17,20-21H,2-4,7-12,15-16H2,1H3,(H,30,34)/t20-,21+/m0/s1. The highest BCUT2D eigenvalue weighted by Crippen LogP contribution is 2.39. The smallest absolute Gasteiger partial charge is 0.372 e. The Kier molecular flexibility index (Phi) is 7.43. The number of halogens is 3. The topological polar surface area (TPSA) is 79.7 Å². The van der Waals surface area contributed by atoms with Crippen LogP contribution in [0, 0.1) is 29.1 Å². The number of urea groups is 1. The fraction of sp³-hybridized carbons (Fsp3) is 0.640. The van der Waals surface area contributed by atoms with Crippen molar-refractivity contribution in [3.8, 4) is 6.07 Å². The molecule has 3 fully saturated rings. The van der Waals surface area contributed by atoms with Crippen LogP contribution < -0.4 is 10.2 Å². The number of nitrogens with one attached hydrogen (secondary N) is 1. The molecule has 0 unspecified atom stereocenters. The van der Waals surface area contributed by atoms with E-state index in [0.29, 0.717) is 38.4 Å². The summed E-state index contributed by atoms with van der Waals surface area (Å²) in [4.78, 5) is 31.5. The molecular formula is C25H32F3N5O2. The van der Waals surface area contributed by atoms with Crippen molar-refractivity contribution in [2.24, 2.45) is 17.8 Å². The zero-order valence-corrected chi connectivity index (χ0v) is 20.0. The van der Waals surface area contributed by atoms with E-state index in [9.17, 15) is 22.8 Å². The Morgan fingerprint density at radius 3 is 2.37 bits per heavy atom. The Bertz CT molecular complexity index is 978. The molecule has 4 rings (SSSR count). The van der Waals surface area contributed by atoms with E-state index in [2.05, 4.69) is 5.32 Å². The highest BCUT2D eigenvalue weighted by atomic mass is 19.4. The quantitative estimate of drug-likeness (QED) is 0.697. The fourth-order valence-corrected chi connectivity index (χ4v) is 5.80. The van der Waals surface area contributed by atoms with E-state index in [1.54, 1.807) is 12.1 Å². The van der Waals surface area contributed by atoms with E-state index in [1.165, 1.54) is 6.07 Å². The number of carbonyl (C=O) groups excluding carboxylic acids is 2. The second-order valence-corrected chi connectivity index (χ2v) is 9.71. The Labute approximate surface area is 203 Å². The van der Waals surface area contributed by atoms with Gasteiger partial charge in [0.1, 0.15) is 0 Å². The molecule has 0 aliphatic carbocycles. The maximum atomic E-state index is 13.4. The molecule has 0 bridgehead atoms. The summed E-state index contributed by atoms with van der Waals surface area (Å²) in [6.45, 7) is 6.00. The maximum Gasteiger partial charge on any atom is 0.417 e. The van der Waals surface area contributed by atoms with Crippen LogP contribution in [0.15, 0.2) is 18.2 Å². The Hall–Kier alpha value is -2.96. The third kappa shape index (κ3) is 5.34. The summed E-state index contributed by atoms with van der Waals surface area (Å²) < 4.78 is 40.2. The summed E-state index contributed by atoms with van der Waals surface area (Å²) in [5.74, 6) is -0.0685. The molecule has 0 aromatic heterocycles. The van der Waals surface area contributed by atoms with Gasteiger partial charge in [-0.3, -0.25) is 4.79 Å². The van der Waals surface area contributed by atoms with Crippen molar-refractivity contribution in [2.45, 2.75) is 38.8 Å². The summed E-state index contributed by atoms with van der Waals surface area (Å²) in [6, 6.07) is 5.49. The molecule has 0 radical (unpaired) electrons. The number of hydrogen-bond donors (Lipinski definition) is 1. The van der Waals surface area contributed by atoms with Crippen molar-refractivity contribution in [1.82, 2.24) is 15.1 Å². The first-order valence-corrected chi connectivity index (χ1v) is 12.4. The molecule has 0 saturated carbocycles. The SMILES string of the molecule is CCNC(=O)[C@@H]1CN(C(=O)N2CCCC2)C[C@H]1C1CCN(c2ccc(C#N)c(C(F)(F)F)c2)CC1. The van der Waals surface area contributed by atoms with Crippen LogP contribution in [0.3, 0.4) is 0 Å². The number of anilines is 1. The number of nitrogens with zero attached hydrogens (tertiary/aromatic N) is 4. The van der Waals surface area contributed by atoms with Gasteiger partial charge in [0.2, 0.25) is 5.91 Å². The molecule has 3 amide bonds. The van der Waals surface area contributed by atoms with E-state index in [4.69, 9.17) is 5.26 Å². The number of hydrogen-bond acceptors (Lipinski definition) is 4. The van der Waals surface area contributed by atoms with Crippen LogP contribution in [-0.2, 0) is 11.0 Å². The molecule has 1 aromatic carbocycles. The molecule has 35 heavy (non-hydrogen) atoms. The van der Waals surface area contributed by atoms with Crippen molar-refractivity contribution in [3.05, 3.63) is 29.3 Å². The molecule has 7 nitrogen and oxygen atoms in total. The second kappa shape index (κ2) is 10.3. The molecular weight excluding hydrogens is 459 g/mol. The average molecular weight is 492 g/mol. The van der Waals surface area contributed by atoms with Gasteiger partial charge >= 0.3 is 12.2 Å². The number of alkyl halides is 3. The Morgan fingerprint density at radius 2 is 1.77 bits per heavy atom. The number of nitriles is 1.